The van der Waals surface area contributed by atoms with Crippen molar-refractivity contribution in [3.63, 3.8) is 0 Å². The van der Waals surface area contributed by atoms with E-state index in [2.05, 4.69) is 13.0 Å². The monoisotopic (exact) mass is 274 g/mol. The van der Waals surface area contributed by atoms with Crippen LogP contribution < -0.4 is 5.46 Å². The van der Waals surface area contributed by atoms with Crippen LogP contribution in [0.2, 0.25) is 0 Å². The Balaban J connectivity index is 2.05. The van der Waals surface area contributed by atoms with Crippen molar-refractivity contribution in [3.05, 3.63) is 34.6 Å². The molecule has 1 fully saturated rings. The number of hydrogen-bond acceptors (Lipinski definition) is 2. The topological polar surface area (TPSA) is 18.5 Å². The first-order valence-electron chi connectivity index (χ1n) is 7.05. The molecule has 0 bridgehead atoms. The van der Waals surface area contributed by atoms with Crippen molar-refractivity contribution in [1.29, 1.82) is 0 Å². The predicted molar refractivity (Wildman–Crippen MR) is 79.5 cm³/mol. The summed E-state index contributed by atoms with van der Waals surface area (Å²) in [5.74, 6) is -0.225. The van der Waals surface area contributed by atoms with Crippen LogP contribution in [0, 0.1) is 5.82 Å². The molecule has 1 saturated heterocycles. The van der Waals surface area contributed by atoms with Crippen molar-refractivity contribution >= 4 is 18.7 Å². The second-order valence-corrected chi connectivity index (χ2v) is 6.82. The number of allylic oxidation sites excluding steroid dienone is 1. The summed E-state index contributed by atoms with van der Waals surface area (Å²) in [5.41, 5.74) is 3.30. The van der Waals surface area contributed by atoms with E-state index in [1.54, 1.807) is 6.07 Å². The minimum Gasteiger partial charge on any atom is -0.399 e. The standard InChI is InChI=1S/C16H20BFO2/c1-10-6-11-8-12(18)9-14(13(11)7-10)17-19-15(2,3)16(4,5)20-17/h7-9H,6H2,1-5H3. The third-order valence-corrected chi connectivity index (χ3v) is 4.63. The number of fused-ring (bicyclic) bond motifs is 1. The number of benzene rings is 1. The zero-order chi connectivity index (χ0) is 14.7. The van der Waals surface area contributed by atoms with Gasteiger partial charge in [-0.25, -0.2) is 4.39 Å². The van der Waals surface area contributed by atoms with Crippen molar-refractivity contribution in [3.8, 4) is 0 Å². The van der Waals surface area contributed by atoms with Crippen molar-refractivity contribution in [2.45, 2.75) is 52.2 Å². The van der Waals surface area contributed by atoms with E-state index in [0.29, 0.717) is 0 Å². The molecule has 1 heterocycles. The summed E-state index contributed by atoms with van der Waals surface area (Å²) in [6, 6.07) is 3.15. The summed E-state index contributed by atoms with van der Waals surface area (Å²) in [6.07, 6.45) is 2.91. The molecule has 3 rings (SSSR count). The molecule has 0 aromatic heterocycles. The van der Waals surface area contributed by atoms with E-state index >= 15 is 0 Å². The van der Waals surface area contributed by atoms with Crippen molar-refractivity contribution in [2.24, 2.45) is 0 Å². The second kappa shape index (κ2) is 4.19. The van der Waals surface area contributed by atoms with Crippen LogP contribution in [0.3, 0.4) is 0 Å². The molecule has 1 aromatic rings. The van der Waals surface area contributed by atoms with Gasteiger partial charge in [0.2, 0.25) is 0 Å². The highest BCUT2D eigenvalue weighted by Crippen LogP contribution is 2.37. The Morgan fingerprint density at radius 3 is 2.30 bits per heavy atom. The fraction of sp³-hybridized carbons (Fsp3) is 0.500. The van der Waals surface area contributed by atoms with Gasteiger partial charge in [-0.15, -0.1) is 0 Å². The molecule has 1 aliphatic heterocycles. The fourth-order valence-corrected chi connectivity index (χ4v) is 2.78. The lowest BCUT2D eigenvalue weighted by atomic mass is 9.75. The molecule has 2 aliphatic rings. The smallest absolute Gasteiger partial charge is 0.399 e. The molecule has 20 heavy (non-hydrogen) atoms. The molecule has 0 unspecified atom stereocenters. The first kappa shape index (κ1) is 13.8. The molecular weight excluding hydrogens is 254 g/mol. The van der Waals surface area contributed by atoms with Crippen LogP contribution in [0.4, 0.5) is 4.39 Å². The van der Waals surface area contributed by atoms with Crippen LogP contribution in [-0.4, -0.2) is 18.3 Å². The van der Waals surface area contributed by atoms with Crippen molar-refractivity contribution in [2.75, 3.05) is 0 Å². The molecule has 106 valence electrons. The highest BCUT2D eigenvalue weighted by Gasteiger charge is 2.52. The molecule has 1 aliphatic carbocycles. The van der Waals surface area contributed by atoms with Gasteiger partial charge in [0.1, 0.15) is 5.82 Å². The van der Waals surface area contributed by atoms with Gasteiger partial charge in [0.05, 0.1) is 11.2 Å². The van der Waals surface area contributed by atoms with Gasteiger partial charge in [-0.1, -0.05) is 11.6 Å². The quantitative estimate of drug-likeness (QED) is 0.733. The Hall–Kier alpha value is -1.13. The minimum absolute atomic E-state index is 0.225. The van der Waals surface area contributed by atoms with Gasteiger partial charge >= 0.3 is 7.12 Å². The third-order valence-electron chi connectivity index (χ3n) is 4.63. The molecule has 0 spiro atoms. The molecule has 0 radical (unpaired) electrons. The lowest BCUT2D eigenvalue weighted by molar-refractivity contribution is 0.00578. The molecule has 4 heteroatoms. The highest BCUT2D eigenvalue weighted by atomic mass is 19.1. The van der Waals surface area contributed by atoms with Crippen LogP contribution in [0.1, 0.15) is 45.7 Å². The van der Waals surface area contributed by atoms with Gasteiger partial charge in [0.25, 0.3) is 0 Å². The summed E-state index contributed by atoms with van der Waals surface area (Å²) in [7, 11) is -0.508. The summed E-state index contributed by atoms with van der Waals surface area (Å²) < 4.78 is 25.9. The summed E-state index contributed by atoms with van der Waals surface area (Å²) in [4.78, 5) is 0. The van der Waals surface area contributed by atoms with E-state index in [-0.39, 0.29) is 5.82 Å². The Labute approximate surface area is 120 Å². The van der Waals surface area contributed by atoms with Gasteiger partial charge in [-0.05, 0) is 69.8 Å². The zero-order valence-corrected chi connectivity index (χ0v) is 12.7. The first-order valence-corrected chi connectivity index (χ1v) is 7.05. The molecule has 0 atom stereocenters. The maximum atomic E-state index is 13.9. The van der Waals surface area contributed by atoms with E-state index in [9.17, 15) is 4.39 Å². The summed E-state index contributed by atoms with van der Waals surface area (Å²) in [5, 5.41) is 0. The van der Waals surface area contributed by atoms with Gasteiger partial charge in [0, 0.05) is 0 Å². The maximum Gasteiger partial charge on any atom is 0.495 e. The van der Waals surface area contributed by atoms with E-state index in [1.807, 2.05) is 27.7 Å². The van der Waals surface area contributed by atoms with Gasteiger partial charge in [-0.3, -0.25) is 0 Å². The SMILES string of the molecule is CC1=Cc2c(cc(F)cc2B2OC(C)(C)C(C)(C)O2)C1. The van der Waals surface area contributed by atoms with Crippen LogP contribution in [0.5, 0.6) is 0 Å². The normalized spacial score (nSPS) is 22.9. The zero-order valence-electron chi connectivity index (χ0n) is 12.7. The van der Waals surface area contributed by atoms with Gasteiger partial charge in [-0.2, -0.15) is 0 Å². The number of halogens is 1. The average molecular weight is 274 g/mol. The Kier molecular flexibility index (Phi) is 2.90. The molecule has 0 N–H and O–H groups in total. The Morgan fingerprint density at radius 1 is 1.10 bits per heavy atom. The van der Waals surface area contributed by atoms with Gasteiger partial charge in [0.15, 0.2) is 0 Å². The number of rotatable bonds is 1. The van der Waals surface area contributed by atoms with E-state index in [1.165, 1.54) is 11.6 Å². The molecular formula is C16H20BFO2. The van der Waals surface area contributed by atoms with Crippen LogP contribution in [-0.2, 0) is 15.7 Å². The van der Waals surface area contributed by atoms with Crippen LogP contribution in [0.25, 0.3) is 6.08 Å². The van der Waals surface area contributed by atoms with Crippen LogP contribution >= 0.6 is 0 Å². The minimum atomic E-state index is -0.508. The molecule has 0 amide bonds. The highest BCUT2D eigenvalue weighted by molar-refractivity contribution is 6.63. The summed E-state index contributed by atoms with van der Waals surface area (Å²) >= 11 is 0. The Bertz CT molecular complexity index is 589. The lowest BCUT2D eigenvalue weighted by Crippen LogP contribution is -2.41. The maximum absolute atomic E-state index is 13.9. The fourth-order valence-electron chi connectivity index (χ4n) is 2.78. The van der Waals surface area contributed by atoms with Gasteiger partial charge < -0.3 is 9.31 Å². The average Bonchev–Trinajstić information content (AvgIpc) is 2.75. The largest absolute Gasteiger partial charge is 0.495 e. The Morgan fingerprint density at radius 2 is 1.70 bits per heavy atom. The lowest BCUT2D eigenvalue weighted by Gasteiger charge is -2.32. The predicted octanol–water partition coefficient (Wildman–Crippen LogP) is 3.08. The van der Waals surface area contributed by atoms with E-state index in [0.717, 1.165) is 23.0 Å². The molecule has 2 nitrogen and oxygen atoms in total. The second-order valence-electron chi connectivity index (χ2n) is 6.82. The number of hydrogen-bond donors (Lipinski definition) is 0. The summed E-state index contributed by atoms with van der Waals surface area (Å²) in [6.45, 7) is 10.1. The van der Waals surface area contributed by atoms with E-state index < -0.39 is 18.3 Å². The van der Waals surface area contributed by atoms with Crippen LogP contribution in [0.15, 0.2) is 17.7 Å². The third kappa shape index (κ3) is 2.02. The molecule has 0 saturated carbocycles. The van der Waals surface area contributed by atoms with Crippen molar-refractivity contribution < 1.29 is 13.7 Å². The van der Waals surface area contributed by atoms with Crippen molar-refractivity contribution in [1.82, 2.24) is 0 Å². The molecule has 1 aromatic carbocycles. The van der Waals surface area contributed by atoms with E-state index in [4.69, 9.17) is 9.31 Å². The first-order chi connectivity index (χ1) is 9.19.